The van der Waals surface area contributed by atoms with Crippen LogP contribution < -0.4 is 5.32 Å². The number of rotatable bonds is 5. The lowest BCUT2D eigenvalue weighted by Crippen LogP contribution is -2.17. The highest BCUT2D eigenvalue weighted by Crippen LogP contribution is 1.95. The van der Waals surface area contributed by atoms with E-state index in [1.165, 1.54) is 0 Å². The lowest BCUT2D eigenvalue weighted by molar-refractivity contribution is 0.569. The Morgan fingerprint density at radius 1 is 1.25 bits per heavy atom. The first kappa shape index (κ1) is 10.7. The van der Waals surface area contributed by atoms with Crippen LogP contribution in [0.3, 0.4) is 0 Å². The Morgan fingerprint density at radius 3 is 2.94 bits per heavy atom. The minimum absolute atomic E-state index is 0.692. The van der Waals surface area contributed by atoms with Crippen LogP contribution in [0.5, 0.6) is 0 Å². The van der Waals surface area contributed by atoms with Gasteiger partial charge in [0.15, 0.2) is 0 Å². The zero-order chi connectivity index (χ0) is 11.2. The van der Waals surface area contributed by atoms with E-state index in [0.717, 1.165) is 18.1 Å². The quantitative estimate of drug-likeness (QED) is 0.785. The second-order valence-corrected chi connectivity index (χ2v) is 3.30. The third-order valence-corrected chi connectivity index (χ3v) is 2.23. The fourth-order valence-corrected chi connectivity index (χ4v) is 1.41. The van der Waals surface area contributed by atoms with Crippen molar-refractivity contribution in [2.75, 3.05) is 0 Å². The maximum absolute atomic E-state index is 4.17. The van der Waals surface area contributed by atoms with Gasteiger partial charge in [-0.25, -0.2) is 19.6 Å². The van der Waals surface area contributed by atoms with Crippen molar-refractivity contribution >= 4 is 0 Å². The average Bonchev–Trinajstić information content (AvgIpc) is 2.78. The fourth-order valence-electron chi connectivity index (χ4n) is 1.41. The summed E-state index contributed by atoms with van der Waals surface area (Å²) in [6.07, 6.45) is 4.86. The van der Waals surface area contributed by atoms with E-state index in [2.05, 4.69) is 25.4 Å². The highest BCUT2D eigenvalue weighted by Gasteiger charge is 2.01. The lowest BCUT2D eigenvalue weighted by atomic mass is 10.4. The van der Waals surface area contributed by atoms with Gasteiger partial charge in [0.1, 0.15) is 18.5 Å². The molecule has 0 spiro atoms. The Kier molecular flexibility index (Phi) is 3.55. The Labute approximate surface area is 93.8 Å². The average molecular weight is 218 g/mol. The molecular formula is C10H14N6. The molecule has 0 atom stereocenters. The molecule has 16 heavy (non-hydrogen) atoms. The van der Waals surface area contributed by atoms with Crippen molar-refractivity contribution in [2.45, 2.75) is 26.6 Å². The van der Waals surface area contributed by atoms with E-state index >= 15 is 0 Å². The Balaban J connectivity index is 1.85. The Hall–Kier alpha value is -1.82. The van der Waals surface area contributed by atoms with E-state index in [0.29, 0.717) is 13.1 Å². The van der Waals surface area contributed by atoms with E-state index in [1.807, 2.05) is 17.7 Å². The van der Waals surface area contributed by atoms with Crippen molar-refractivity contribution in [2.24, 2.45) is 0 Å². The van der Waals surface area contributed by atoms with Crippen molar-refractivity contribution in [3.8, 4) is 0 Å². The van der Waals surface area contributed by atoms with Crippen molar-refractivity contribution in [1.82, 2.24) is 30.0 Å². The first-order chi connectivity index (χ1) is 7.90. The molecule has 2 aromatic heterocycles. The zero-order valence-electron chi connectivity index (χ0n) is 9.17. The maximum atomic E-state index is 4.17. The monoisotopic (exact) mass is 218 g/mol. The first-order valence-electron chi connectivity index (χ1n) is 5.22. The van der Waals surface area contributed by atoms with Crippen molar-refractivity contribution in [3.05, 3.63) is 36.4 Å². The van der Waals surface area contributed by atoms with Gasteiger partial charge in [0, 0.05) is 19.3 Å². The van der Waals surface area contributed by atoms with Crippen LogP contribution in [0.25, 0.3) is 0 Å². The van der Waals surface area contributed by atoms with Crippen molar-refractivity contribution in [1.29, 1.82) is 0 Å². The predicted molar refractivity (Wildman–Crippen MR) is 58.3 cm³/mol. The van der Waals surface area contributed by atoms with Gasteiger partial charge in [-0.05, 0) is 13.0 Å². The summed E-state index contributed by atoms with van der Waals surface area (Å²) in [5, 5.41) is 7.37. The van der Waals surface area contributed by atoms with Gasteiger partial charge in [-0.1, -0.05) is 0 Å². The number of aromatic nitrogens is 5. The number of nitrogens with zero attached hydrogens (tertiary/aromatic N) is 5. The molecule has 2 aromatic rings. The summed E-state index contributed by atoms with van der Waals surface area (Å²) >= 11 is 0. The third-order valence-electron chi connectivity index (χ3n) is 2.23. The molecule has 0 bridgehead atoms. The molecule has 0 aliphatic heterocycles. The smallest absolute Gasteiger partial charge is 0.140 e. The van der Waals surface area contributed by atoms with Gasteiger partial charge in [0.25, 0.3) is 0 Å². The van der Waals surface area contributed by atoms with Crippen LogP contribution in [0.2, 0.25) is 0 Å². The third kappa shape index (κ3) is 2.60. The number of hydrogen-bond donors (Lipinski definition) is 1. The topological polar surface area (TPSA) is 68.5 Å². The van der Waals surface area contributed by atoms with E-state index in [1.54, 1.807) is 18.9 Å². The van der Waals surface area contributed by atoms with Crippen LogP contribution in [0.15, 0.2) is 24.9 Å². The summed E-state index contributed by atoms with van der Waals surface area (Å²) in [6, 6.07) is 1.89. The largest absolute Gasteiger partial charge is 0.304 e. The van der Waals surface area contributed by atoms with E-state index < -0.39 is 0 Å². The highest BCUT2D eigenvalue weighted by molar-refractivity contribution is 4.97. The molecule has 0 saturated heterocycles. The second kappa shape index (κ2) is 5.32. The lowest BCUT2D eigenvalue weighted by Gasteiger charge is -2.04. The molecule has 0 aliphatic carbocycles. The highest BCUT2D eigenvalue weighted by atomic mass is 15.3. The van der Waals surface area contributed by atoms with Gasteiger partial charge >= 0.3 is 0 Å². The summed E-state index contributed by atoms with van der Waals surface area (Å²) in [6.45, 7) is 4.28. The van der Waals surface area contributed by atoms with Crippen LogP contribution in [-0.4, -0.2) is 24.7 Å². The SMILES string of the molecule is CCn1ncnc1CNCc1ccncn1. The molecule has 2 rings (SSSR count). The van der Waals surface area contributed by atoms with E-state index in [4.69, 9.17) is 0 Å². The molecule has 0 aliphatic rings. The molecule has 1 N–H and O–H groups in total. The molecule has 0 amide bonds. The van der Waals surface area contributed by atoms with Gasteiger partial charge in [-0.15, -0.1) is 0 Å². The second-order valence-electron chi connectivity index (χ2n) is 3.30. The zero-order valence-corrected chi connectivity index (χ0v) is 9.17. The molecule has 0 aromatic carbocycles. The minimum atomic E-state index is 0.692. The van der Waals surface area contributed by atoms with Gasteiger partial charge in [-0.2, -0.15) is 5.10 Å². The number of hydrogen-bond acceptors (Lipinski definition) is 5. The van der Waals surface area contributed by atoms with Crippen LogP contribution in [0, 0.1) is 0 Å². The van der Waals surface area contributed by atoms with Gasteiger partial charge in [0.05, 0.1) is 12.2 Å². The standard InChI is InChI=1S/C10H14N6/c1-2-16-10(14-8-15-16)6-12-5-9-3-4-11-7-13-9/h3-4,7-8,12H,2,5-6H2,1H3. The predicted octanol–water partition coefficient (Wildman–Crippen LogP) is 0.378. The number of aryl methyl sites for hydroxylation is 1. The van der Waals surface area contributed by atoms with E-state index in [-0.39, 0.29) is 0 Å². The molecule has 0 fully saturated rings. The maximum Gasteiger partial charge on any atom is 0.140 e. The molecule has 84 valence electrons. The van der Waals surface area contributed by atoms with Crippen LogP contribution in [0.1, 0.15) is 18.4 Å². The minimum Gasteiger partial charge on any atom is -0.304 e. The normalized spacial score (nSPS) is 10.6. The van der Waals surface area contributed by atoms with Gasteiger partial charge < -0.3 is 5.32 Å². The van der Waals surface area contributed by atoms with Gasteiger partial charge in [-0.3, -0.25) is 0 Å². The van der Waals surface area contributed by atoms with Crippen molar-refractivity contribution in [3.63, 3.8) is 0 Å². The molecule has 0 saturated carbocycles. The molecule has 0 radical (unpaired) electrons. The molecule has 0 unspecified atom stereocenters. The Morgan fingerprint density at radius 2 is 2.19 bits per heavy atom. The summed E-state index contributed by atoms with van der Waals surface area (Å²) in [5.74, 6) is 0.941. The molecule has 2 heterocycles. The first-order valence-corrected chi connectivity index (χ1v) is 5.22. The molecule has 6 nitrogen and oxygen atoms in total. The summed E-state index contributed by atoms with van der Waals surface area (Å²) in [5.41, 5.74) is 0.970. The summed E-state index contributed by atoms with van der Waals surface area (Å²) in [4.78, 5) is 12.2. The van der Waals surface area contributed by atoms with Crippen molar-refractivity contribution < 1.29 is 0 Å². The summed E-state index contributed by atoms with van der Waals surface area (Å²) in [7, 11) is 0. The van der Waals surface area contributed by atoms with Gasteiger partial charge in [0.2, 0.25) is 0 Å². The molecule has 6 heteroatoms. The van der Waals surface area contributed by atoms with Crippen LogP contribution in [-0.2, 0) is 19.6 Å². The Bertz CT molecular complexity index is 424. The van der Waals surface area contributed by atoms with Crippen LogP contribution in [0.4, 0.5) is 0 Å². The van der Waals surface area contributed by atoms with Crippen LogP contribution >= 0.6 is 0 Å². The summed E-state index contributed by atoms with van der Waals surface area (Å²) < 4.78 is 1.87. The van der Waals surface area contributed by atoms with E-state index in [9.17, 15) is 0 Å². The number of nitrogens with one attached hydrogen (secondary N) is 1. The fraction of sp³-hybridized carbons (Fsp3) is 0.400. The molecular weight excluding hydrogens is 204 g/mol.